The molecular formula is C40H28O. The van der Waals surface area contributed by atoms with Crippen LogP contribution in [0.5, 0.6) is 0 Å². The van der Waals surface area contributed by atoms with Gasteiger partial charge in [-0.3, -0.25) is 0 Å². The molecule has 1 heteroatoms. The first kappa shape index (κ1) is 23.7. The molecule has 1 heterocycles. The second-order valence-corrected chi connectivity index (χ2v) is 10.9. The molecule has 0 bridgehead atoms. The van der Waals surface area contributed by atoms with Crippen LogP contribution in [0.1, 0.15) is 22.6 Å². The van der Waals surface area contributed by atoms with Crippen LogP contribution in [-0.2, 0) is 6.42 Å². The average Bonchev–Trinajstić information content (AvgIpc) is 3.18. The highest BCUT2D eigenvalue weighted by Gasteiger charge is 2.16. The number of benzene rings is 7. The van der Waals surface area contributed by atoms with E-state index >= 15 is 0 Å². The molecule has 41 heavy (non-hydrogen) atoms. The summed E-state index contributed by atoms with van der Waals surface area (Å²) < 4.78 is 6.58. The Hall–Kier alpha value is -5.14. The van der Waals surface area contributed by atoms with Crippen molar-refractivity contribution in [2.75, 3.05) is 0 Å². The summed E-state index contributed by atoms with van der Waals surface area (Å²) in [4.78, 5) is 0. The van der Waals surface area contributed by atoms with Crippen molar-refractivity contribution in [2.24, 2.45) is 0 Å². The number of rotatable bonds is 5. The highest BCUT2D eigenvalue weighted by atomic mass is 16.3. The van der Waals surface area contributed by atoms with Crippen LogP contribution in [0.25, 0.3) is 54.6 Å². The smallest absolute Gasteiger partial charge is 0.135 e. The standard InChI is InChI=1S/C40H28O/c1-3-10-28(11-4-1)36(29-12-5-2-6-13-29)26-27-20-22-30(23-21-27)32-24-25-38-40-33(32)17-9-18-35(40)34-16-7-14-31-15-8-19-37(41-38)39(31)34/h1-25,36H,26H2. The summed E-state index contributed by atoms with van der Waals surface area (Å²) in [6.07, 6.45) is 0.953. The third-order valence-electron chi connectivity index (χ3n) is 8.49. The van der Waals surface area contributed by atoms with Gasteiger partial charge in [0.25, 0.3) is 0 Å². The summed E-state index contributed by atoms with van der Waals surface area (Å²) in [6, 6.07) is 54.7. The monoisotopic (exact) mass is 524 g/mol. The van der Waals surface area contributed by atoms with Crippen molar-refractivity contribution in [1.29, 1.82) is 0 Å². The van der Waals surface area contributed by atoms with Crippen LogP contribution < -0.4 is 0 Å². The quantitative estimate of drug-likeness (QED) is 0.218. The molecule has 1 nitrogen and oxygen atoms in total. The maximum Gasteiger partial charge on any atom is 0.135 e. The van der Waals surface area contributed by atoms with Crippen molar-refractivity contribution < 1.29 is 4.42 Å². The topological polar surface area (TPSA) is 13.1 Å². The predicted molar refractivity (Wildman–Crippen MR) is 173 cm³/mol. The number of hydrogen-bond donors (Lipinski definition) is 0. The van der Waals surface area contributed by atoms with Gasteiger partial charge in [-0.25, -0.2) is 0 Å². The molecule has 7 aromatic carbocycles. The molecule has 194 valence electrons. The van der Waals surface area contributed by atoms with Gasteiger partial charge in [0.05, 0.1) is 0 Å². The summed E-state index contributed by atoms with van der Waals surface area (Å²) in [5, 5.41) is 7.21. The Balaban J connectivity index is 1.24. The maximum absolute atomic E-state index is 6.58. The first-order valence-corrected chi connectivity index (χ1v) is 14.3. The van der Waals surface area contributed by atoms with Gasteiger partial charge in [0, 0.05) is 16.7 Å². The Kier molecular flexibility index (Phi) is 5.67. The summed E-state index contributed by atoms with van der Waals surface area (Å²) in [6.45, 7) is 0. The van der Waals surface area contributed by atoms with Crippen molar-refractivity contribution in [1.82, 2.24) is 0 Å². The van der Waals surface area contributed by atoms with E-state index in [1.807, 2.05) is 0 Å². The predicted octanol–water partition coefficient (Wildman–Crippen LogP) is 10.9. The molecule has 0 fully saturated rings. The lowest BCUT2D eigenvalue weighted by atomic mass is 9.85. The summed E-state index contributed by atoms with van der Waals surface area (Å²) in [7, 11) is 0. The van der Waals surface area contributed by atoms with Crippen molar-refractivity contribution >= 4 is 43.5 Å². The molecule has 1 aromatic heterocycles. The van der Waals surface area contributed by atoms with Gasteiger partial charge in [-0.05, 0) is 67.9 Å². The molecule has 0 unspecified atom stereocenters. The normalized spacial score (nSPS) is 11.7. The van der Waals surface area contributed by atoms with Gasteiger partial charge in [-0.2, -0.15) is 0 Å². The maximum atomic E-state index is 6.58. The fourth-order valence-corrected chi connectivity index (χ4v) is 6.53. The fraction of sp³-hybridized carbons (Fsp3) is 0.0500. The molecule has 0 N–H and O–H groups in total. The van der Waals surface area contributed by atoms with Gasteiger partial charge in [0.1, 0.15) is 11.2 Å². The molecule has 0 radical (unpaired) electrons. The van der Waals surface area contributed by atoms with Crippen molar-refractivity contribution in [3.05, 3.63) is 168 Å². The van der Waals surface area contributed by atoms with Crippen LogP contribution in [0.2, 0.25) is 0 Å². The zero-order chi connectivity index (χ0) is 27.2. The third-order valence-corrected chi connectivity index (χ3v) is 8.49. The highest BCUT2D eigenvalue weighted by Crippen LogP contribution is 2.40. The lowest BCUT2D eigenvalue weighted by molar-refractivity contribution is 0.664. The van der Waals surface area contributed by atoms with Crippen LogP contribution in [0, 0.1) is 0 Å². The first-order chi connectivity index (χ1) is 20.3. The van der Waals surface area contributed by atoms with Crippen LogP contribution in [-0.4, -0.2) is 0 Å². The zero-order valence-electron chi connectivity index (χ0n) is 22.6. The Morgan fingerprint density at radius 3 is 1.73 bits per heavy atom. The Morgan fingerprint density at radius 1 is 0.439 bits per heavy atom. The van der Waals surface area contributed by atoms with E-state index in [0.29, 0.717) is 5.92 Å². The molecule has 0 aliphatic heterocycles. The van der Waals surface area contributed by atoms with Gasteiger partial charge in [0.15, 0.2) is 0 Å². The molecule has 0 saturated carbocycles. The molecule has 8 aromatic rings. The minimum absolute atomic E-state index is 0.314. The third kappa shape index (κ3) is 4.10. The van der Waals surface area contributed by atoms with Gasteiger partial charge in [-0.1, -0.05) is 140 Å². The molecule has 8 rings (SSSR count). The summed E-state index contributed by atoms with van der Waals surface area (Å²) >= 11 is 0. The molecule has 0 aliphatic carbocycles. The molecule has 0 amide bonds. The summed E-state index contributed by atoms with van der Waals surface area (Å²) in [5.74, 6) is 0.314. The van der Waals surface area contributed by atoms with Crippen molar-refractivity contribution in [3.8, 4) is 11.1 Å². The molecule has 0 aliphatic rings. The first-order valence-electron chi connectivity index (χ1n) is 14.3. The molecule has 0 spiro atoms. The van der Waals surface area contributed by atoms with E-state index in [0.717, 1.165) is 17.6 Å². The van der Waals surface area contributed by atoms with E-state index in [2.05, 4.69) is 152 Å². The largest absolute Gasteiger partial charge is 0.456 e. The molecular weight excluding hydrogens is 496 g/mol. The summed E-state index contributed by atoms with van der Waals surface area (Å²) in [5.41, 5.74) is 8.29. The van der Waals surface area contributed by atoms with Crippen molar-refractivity contribution in [2.45, 2.75) is 12.3 Å². The highest BCUT2D eigenvalue weighted by molar-refractivity contribution is 6.24. The van der Waals surface area contributed by atoms with E-state index in [9.17, 15) is 0 Å². The lowest BCUT2D eigenvalue weighted by Crippen LogP contribution is -2.05. The SMILES string of the molecule is c1ccc(C(Cc2ccc(-c3ccc4oc5cccc6cccc(c7cccc3c47)c65)cc2)c2ccccc2)cc1. The van der Waals surface area contributed by atoms with E-state index in [4.69, 9.17) is 4.42 Å². The average molecular weight is 525 g/mol. The van der Waals surface area contributed by atoms with Crippen LogP contribution in [0.4, 0.5) is 0 Å². The number of fused-ring (bicyclic) bond motifs is 1. The van der Waals surface area contributed by atoms with Gasteiger partial charge < -0.3 is 4.42 Å². The van der Waals surface area contributed by atoms with E-state index in [1.54, 1.807) is 0 Å². The van der Waals surface area contributed by atoms with Crippen molar-refractivity contribution in [3.63, 3.8) is 0 Å². The van der Waals surface area contributed by atoms with E-state index in [1.165, 1.54) is 60.1 Å². The lowest BCUT2D eigenvalue weighted by Gasteiger charge is -2.19. The fourth-order valence-electron chi connectivity index (χ4n) is 6.53. The Bertz CT molecular complexity index is 2110. The minimum atomic E-state index is 0.314. The van der Waals surface area contributed by atoms with Gasteiger partial charge in [0.2, 0.25) is 0 Å². The zero-order valence-corrected chi connectivity index (χ0v) is 22.6. The molecule has 0 atom stereocenters. The Labute approximate surface area is 239 Å². The second kappa shape index (κ2) is 9.80. The number of hydrogen-bond acceptors (Lipinski definition) is 1. The van der Waals surface area contributed by atoms with Crippen LogP contribution in [0.3, 0.4) is 0 Å². The van der Waals surface area contributed by atoms with E-state index < -0.39 is 0 Å². The molecule has 0 saturated heterocycles. The second-order valence-electron chi connectivity index (χ2n) is 10.9. The van der Waals surface area contributed by atoms with Gasteiger partial charge in [-0.15, -0.1) is 0 Å². The van der Waals surface area contributed by atoms with Gasteiger partial charge >= 0.3 is 0 Å². The Morgan fingerprint density at radius 2 is 1.02 bits per heavy atom. The van der Waals surface area contributed by atoms with E-state index in [-0.39, 0.29) is 0 Å². The minimum Gasteiger partial charge on any atom is -0.456 e. The van der Waals surface area contributed by atoms with Crippen LogP contribution >= 0.6 is 0 Å². The van der Waals surface area contributed by atoms with Crippen LogP contribution in [0.15, 0.2) is 156 Å².